The second-order valence-electron chi connectivity index (χ2n) is 2.87. The fourth-order valence-electron chi connectivity index (χ4n) is 1.06. The predicted molar refractivity (Wildman–Crippen MR) is 51.8 cm³/mol. The number of hydrogen-bond acceptors (Lipinski definition) is 1. The Bertz CT molecular complexity index is 97.0. The molecule has 0 fully saturated rings. The first-order valence-corrected chi connectivity index (χ1v) is 4.69. The Morgan fingerprint density at radius 1 is 1.36 bits per heavy atom. The molecule has 0 heterocycles. The molecule has 0 radical (unpaired) electrons. The third-order valence-electron chi connectivity index (χ3n) is 1.84. The van der Waals surface area contributed by atoms with E-state index < -0.39 is 0 Å². The summed E-state index contributed by atoms with van der Waals surface area (Å²) in [5.41, 5.74) is 0. The Hall–Kier alpha value is -0.300. The standard InChI is InChI=1S/C10H21N/c1-4-6-8-10(11-3)9-7-5-2/h6,8,10-11H,4-5,7,9H2,1-3H3. The molecule has 66 valence electrons. The number of likely N-dealkylation sites (N-methyl/N-ethyl adjacent to an activating group) is 1. The Labute approximate surface area is 70.9 Å². The lowest BCUT2D eigenvalue weighted by atomic mass is 10.1. The molecule has 0 aromatic rings. The Morgan fingerprint density at radius 3 is 2.55 bits per heavy atom. The highest BCUT2D eigenvalue weighted by atomic mass is 14.9. The van der Waals surface area contributed by atoms with E-state index in [0.717, 1.165) is 6.42 Å². The molecular formula is C10H21N. The van der Waals surface area contributed by atoms with Crippen molar-refractivity contribution < 1.29 is 0 Å². The summed E-state index contributed by atoms with van der Waals surface area (Å²) in [6, 6.07) is 0.592. The molecule has 1 heteroatoms. The molecule has 0 rings (SSSR count). The normalized spacial score (nSPS) is 14.1. The van der Waals surface area contributed by atoms with E-state index in [2.05, 4.69) is 31.3 Å². The topological polar surface area (TPSA) is 12.0 Å². The maximum Gasteiger partial charge on any atom is 0.0247 e. The van der Waals surface area contributed by atoms with Crippen LogP contribution in [0.1, 0.15) is 39.5 Å². The molecule has 0 aromatic heterocycles. The average Bonchev–Trinajstić information content (AvgIpc) is 2.05. The van der Waals surface area contributed by atoms with Crippen molar-refractivity contribution in [2.75, 3.05) is 7.05 Å². The first-order valence-electron chi connectivity index (χ1n) is 4.69. The monoisotopic (exact) mass is 155 g/mol. The van der Waals surface area contributed by atoms with E-state index in [4.69, 9.17) is 0 Å². The minimum atomic E-state index is 0.592. The van der Waals surface area contributed by atoms with Crippen LogP contribution in [0.5, 0.6) is 0 Å². The molecule has 1 N–H and O–H groups in total. The zero-order valence-electron chi connectivity index (χ0n) is 8.06. The van der Waals surface area contributed by atoms with Crippen molar-refractivity contribution >= 4 is 0 Å². The molecule has 0 saturated carbocycles. The van der Waals surface area contributed by atoms with E-state index in [1.165, 1.54) is 19.3 Å². The number of unbranched alkanes of at least 4 members (excludes halogenated alkanes) is 1. The summed E-state index contributed by atoms with van der Waals surface area (Å²) in [6.45, 7) is 4.40. The summed E-state index contributed by atoms with van der Waals surface area (Å²) < 4.78 is 0. The first-order chi connectivity index (χ1) is 5.35. The van der Waals surface area contributed by atoms with Crippen molar-refractivity contribution in [2.45, 2.75) is 45.6 Å². The van der Waals surface area contributed by atoms with Crippen LogP contribution < -0.4 is 5.32 Å². The molecule has 11 heavy (non-hydrogen) atoms. The van der Waals surface area contributed by atoms with Crippen LogP contribution in [0, 0.1) is 0 Å². The van der Waals surface area contributed by atoms with Crippen molar-refractivity contribution in [1.29, 1.82) is 0 Å². The van der Waals surface area contributed by atoms with Crippen LogP contribution in [0.25, 0.3) is 0 Å². The van der Waals surface area contributed by atoms with Gasteiger partial charge in [-0.25, -0.2) is 0 Å². The van der Waals surface area contributed by atoms with E-state index in [0.29, 0.717) is 6.04 Å². The summed E-state index contributed by atoms with van der Waals surface area (Å²) in [5.74, 6) is 0. The Kier molecular flexibility index (Phi) is 7.59. The van der Waals surface area contributed by atoms with Crippen LogP contribution in [0.4, 0.5) is 0 Å². The highest BCUT2D eigenvalue weighted by molar-refractivity contribution is 4.91. The second-order valence-corrected chi connectivity index (χ2v) is 2.87. The summed E-state index contributed by atoms with van der Waals surface area (Å²) in [6.07, 6.45) is 9.53. The molecule has 0 saturated heterocycles. The van der Waals surface area contributed by atoms with E-state index >= 15 is 0 Å². The third-order valence-corrected chi connectivity index (χ3v) is 1.84. The van der Waals surface area contributed by atoms with E-state index in [1.807, 2.05) is 7.05 Å². The van der Waals surface area contributed by atoms with Crippen molar-refractivity contribution in [3.63, 3.8) is 0 Å². The third kappa shape index (κ3) is 6.11. The van der Waals surface area contributed by atoms with Crippen LogP contribution in [-0.4, -0.2) is 13.1 Å². The van der Waals surface area contributed by atoms with E-state index in [-0.39, 0.29) is 0 Å². The van der Waals surface area contributed by atoms with E-state index in [9.17, 15) is 0 Å². The molecule has 0 aliphatic heterocycles. The summed E-state index contributed by atoms with van der Waals surface area (Å²) >= 11 is 0. The van der Waals surface area contributed by atoms with Gasteiger partial charge in [0.25, 0.3) is 0 Å². The minimum Gasteiger partial charge on any atom is -0.314 e. The number of nitrogens with one attached hydrogen (secondary N) is 1. The fraction of sp³-hybridized carbons (Fsp3) is 0.800. The number of allylic oxidation sites excluding steroid dienone is 1. The number of hydrogen-bond donors (Lipinski definition) is 1. The van der Waals surface area contributed by atoms with Crippen molar-refractivity contribution in [3.05, 3.63) is 12.2 Å². The van der Waals surface area contributed by atoms with Gasteiger partial charge < -0.3 is 5.32 Å². The predicted octanol–water partition coefficient (Wildman–Crippen LogP) is 2.73. The van der Waals surface area contributed by atoms with Crippen LogP contribution in [0.3, 0.4) is 0 Å². The zero-order valence-corrected chi connectivity index (χ0v) is 8.06. The van der Waals surface area contributed by atoms with Gasteiger partial charge >= 0.3 is 0 Å². The zero-order chi connectivity index (χ0) is 8.53. The highest BCUT2D eigenvalue weighted by Crippen LogP contribution is 2.01. The lowest BCUT2D eigenvalue weighted by Crippen LogP contribution is -2.22. The maximum atomic E-state index is 3.28. The van der Waals surface area contributed by atoms with Crippen LogP contribution >= 0.6 is 0 Å². The minimum absolute atomic E-state index is 0.592. The molecule has 1 unspecified atom stereocenters. The fourth-order valence-corrected chi connectivity index (χ4v) is 1.06. The van der Waals surface area contributed by atoms with Crippen molar-refractivity contribution in [1.82, 2.24) is 5.32 Å². The molecule has 1 atom stereocenters. The molecule has 0 aliphatic carbocycles. The molecule has 0 aromatic carbocycles. The largest absolute Gasteiger partial charge is 0.314 e. The molecule has 0 amide bonds. The SMILES string of the molecule is CCC=CC(CCCC)NC. The molecule has 0 bridgehead atoms. The summed E-state index contributed by atoms with van der Waals surface area (Å²) in [7, 11) is 2.03. The van der Waals surface area contributed by atoms with Crippen molar-refractivity contribution in [3.8, 4) is 0 Å². The van der Waals surface area contributed by atoms with Gasteiger partial charge in [-0.3, -0.25) is 0 Å². The van der Waals surface area contributed by atoms with Gasteiger partial charge in [0.1, 0.15) is 0 Å². The van der Waals surface area contributed by atoms with Gasteiger partial charge in [0.2, 0.25) is 0 Å². The van der Waals surface area contributed by atoms with Crippen molar-refractivity contribution in [2.24, 2.45) is 0 Å². The molecule has 1 nitrogen and oxygen atoms in total. The van der Waals surface area contributed by atoms with Gasteiger partial charge in [-0.15, -0.1) is 0 Å². The van der Waals surface area contributed by atoms with Gasteiger partial charge in [0.05, 0.1) is 0 Å². The number of rotatable bonds is 6. The quantitative estimate of drug-likeness (QED) is 0.582. The van der Waals surface area contributed by atoms with E-state index in [1.54, 1.807) is 0 Å². The van der Waals surface area contributed by atoms with Gasteiger partial charge in [-0.05, 0) is 19.9 Å². The summed E-state index contributed by atoms with van der Waals surface area (Å²) in [4.78, 5) is 0. The highest BCUT2D eigenvalue weighted by Gasteiger charge is 1.97. The Balaban J connectivity index is 3.48. The van der Waals surface area contributed by atoms with Crippen LogP contribution in [0.2, 0.25) is 0 Å². The Morgan fingerprint density at radius 2 is 2.09 bits per heavy atom. The van der Waals surface area contributed by atoms with Gasteiger partial charge in [0, 0.05) is 6.04 Å². The molecule has 0 spiro atoms. The van der Waals surface area contributed by atoms with Gasteiger partial charge in [-0.2, -0.15) is 0 Å². The average molecular weight is 155 g/mol. The lowest BCUT2D eigenvalue weighted by molar-refractivity contribution is 0.578. The first kappa shape index (κ1) is 10.7. The van der Waals surface area contributed by atoms with Gasteiger partial charge in [-0.1, -0.05) is 38.8 Å². The molecule has 0 aliphatic rings. The smallest absolute Gasteiger partial charge is 0.0247 e. The second kappa shape index (κ2) is 7.80. The van der Waals surface area contributed by atoms with Gasteiger partial charge in [0.15, 0.2) is 0 Å². The lowest BCUT2D eigenvalue weighted by Gasteiger charge is -2.09. The molecular weight excluding hydrogens is 134 g/mol. The van der Waals surface area contributed by atoms with Crippen LogP contribution in [-0.2, 0) is 0 Å². The summed E-state index contributed by atoms with van der Waals surface area (Å²) in [5, 5.41) is 3.28. The van der Waals surface area contributed by atoms with Crippen LogP contribution in [0.15, 0.2) is 12.2 Å². The maximum absolute atomic E-state index is 3.28.